The van der Waals surface area contributed by atoms with E-state index in [0.29, 0.717) is 36.4 Å². The minimum atomic E-state index is -1.37. The minimum absolute atomic E-state index is 0.0360. The third-order valence-corrected chi connectivity index (χ3v) is 9.85. The number of fused-ring (bicyclic) bond motifs is 2. The maximum atomic E-state index is 12.3. The quantitative estimate of drug-likeness (QED) is 0.0685. The summed E-state index contributed by atoms with van der Waals surface area (Å²) in [6.45, 7) is 0.150. The summed E-state index contributed by atoms with van der Waals surface area (Å²) in [5.74, 6) is 6.63. The molecule has 7 atom stereocenters. The molecular formula is C29H41N9O7S. The zero-order valence-electron chi connectivity index (χ0n) is 25.4. The molecule has 250 valence electrons. The van der Waals surface area contributed by atoms with Gasteiger partial charge in [-0.15, -0.1) is 0 Å². The van der Waals surface area contributed by atoms with Crippen molar-refractivity contribution in [2.45, 2.75) is 93.2 Å². The zero-order valence-corrected chi connectivity index (χ0v) is 26.2. The summed E-state index contributed by atoms with van der Waals surface area (Å²) in [6.07, 6.45) is 2.25. The van der Waals surface area contributed by atoms with E-state index < -0.39 is 31.1 Å². The molecule has 0 radical (unpaired) electrons. The van der Waals surface area contributed by atoms with Crippen LogP contribution in [0.1, 0.15) is 63.3 Å². The Kier molecular flexibility index (Phi) is 11.5. The summed E-state index contributed by atoms with van der Waals surface area (Å²) < 4.78 is 6.83. The number of hydrogen-bond acceptors (Lipinski definition) is 12. The summed E-state index contributed by atoms with van der Waals surface area (Å²) >= 11 is 1.88. The molecule has 16 nitrogen and oxygen atoms in total. The molecule has 0 saturated carbocycles. The number of unbranched alkanes of at least 4 members (excludes halogenated alkanes) is 3. The standard InChI is InChI=1S/C29H41N9O7S/c30-26-22-16(37-38(27(22)34-15-33-26)28-25(43)24(42)18(13-39)45-28)7-6-12-32-20(40)9-2-1-5-11-31-21(41)10-4-3-8-19-23-17(14-46-19)35-29(44)36-23/h15,17-19,23-25,28,39,42-43H,1-5,8-14H2,(H,31,41)(H,32,40)(H2,30,33,34)(H2,35,36,44)/t17-,18+,19?,23-,24+,25+,28-/m0/s1. The number of rotatable bonds is 14. The fraction of sp³-hybridized carbons (Fsp3) is 0.655. The Morgan fingerprint density at radius 2 is 1.87 bits per heavy atom. The van der Waals surface area contributed by atoms with Gasteiger partial charge in [-0.05, 0) is 31.6 Å². The Hall–Kier alpha value is -3.69. The number of amides is 4. The number of nitrogen functional groups attached to an aromatic ring is 1. The smallest absolute Gasteiger partial charge is 0.315 e. The van der Waals surface area contributed by atoms with E-state index in [2.05, 4.69) is 48.2 Å². The van der Waals surface area contributed by atoms with E-state index in [-0.39, 0.29) is 53.6 Å². The second-order valence-electron chi connectivity index (χ2n) is 11.6. The first-order chi connectivity index (χ1) is 22.3. The molecule has 0 aromatic carbocycles. The Morgan fingerprint density at radius 1 is 1.09 bits per heavy atom. The van der Waals surface area contributed by atoms with Gasteiger partial charge in [-0.25, -0.2) is 19.4 Å². The molecule has 2 aromatic heterocycles. The molecule has 3 aliphatic rings. The van der Waals surface area contributed by atoms with Crippen molar-refractivity contribution >= 4 is 46.5 Å². The van der Waals surface area contributed by atoms with Crippen LogP contribution < -0.4 is 27.0 Å². The fourth-order valence-corrected chi connectivity index (χ4v) is 7.42. The number of carbonyl (C=O) groups excluding carboxylic acids is 3. The van der Waals surface area contributed by atoms with Crippen LogP contribution >= 0.6 is 11.8 Å². The fourth-order valence-electron chi connectivity index (χ4n) is 5.88. The highest BCUT2D eigenvalue weighted by Gasteiger charge is 2.45. The van der Waals surface area contributed by atoms with Gasteiger partial charge < -0.3 is 47.1 Å². The molecule has 2 aromatic rings. The van der Waals surface area contributed by atoms with E-state index in [4.69, 9.17) is 10.5 Å². The van der Waals surface area contributed by atoms with Crippen molar-refractivity contribution in [1.29, 1.82) is 0 Å². The number of carbonyl (C=O) groups is 3. The van der Waals surface area contributed by atoms with Crippen molar-refractivity contribution in [3.63, 3.8) is 0 Å². The predicted octanol–water partition coefficient (Wildman–Crippen LogP) is -1.11. The SMILES string of the molecule is Nc1ncnc2c1c(C#CCNC(=O)CCCCCNC(=O)CCCCC1SC[C@@H]3NC(=O)N[C@H]13)nn2[C@H]1O[C@H](CO)[C@@H](O)[C@H]1O. The van der Waals surface area contributed by atoms with Crippen LogP contribution in [0.3, 0.4) is 0 Å². The van der Waals surface area contributed by atoms with Gasteiger partial charge in [-0.1, -0.05) is 18.8 Å². The van der Waals surface area contributed by atoms with E-state index in [1.807, 2.05) is 11.8 Å². The second-order valence-corrected chi connectivity index (χ2v) is 12.9. The Bertz CT molecular complexity index is 1460. The largest absolute Gasteiger partial charge is 0.394 e. The van der Waals surface area contributed by atoms with Gasteiger partial charge in [0.25, 0.3) is 0 Å². The molecule has 5 heterocycles. The van der Waals surface area contributed by atoms with E-state index in [1.165, 1.54) is 11.0 Å². The van der Waals surface area contributed by atoms with Gasteiger partial charge in [0, 0.05) is 30.4 Å². The van der Waals surface area contributed by atoms with Gasteiger partial charge in [-0.2, -0.15) is 16.9 Å². The number of hydrogen-bond donors (Lipinski definition) is 8. The maximum absolute atomic E-state index is 12.3. The van der Waals surface area contributed by atoms with Crippen molar-refractivity contribution < 1.29 is 34.4 Å². The number of nitrogens with one attached hydrogen (secondary N) is 4. The summed E-state index contributed by atoms with van der Waals surface area (Å²) in [5, 5.41) is 46.7. The average Bonchev–Trinajstić information content (AvgIpc) is 3.78. The number of nitrogens with zero attached hydrogens (tertiary/aromatic N) is 4. The predicted molar refractivity (Wildman–Crippen MR) is 168 cm³/mol. The number of aliphatic hydroxyl groups excluding tert-OH is 3. The van der Waals surface area contributed by atoms with Crippen LogP contribution in [0.2, 0.25) is 0 Å². The topological polar surface area (TPSA) is 239 Å². The number of urea groups is 1. The highest BCUT2D eigenvalue weighted by molar-refractivity contribution is 8.00. The maximum Gasteiger partial charge on any atom is 0.315 e. The van der Waals surface area contributed by atoms with E-state index in [0.717, 1.165) is 37.9 Å². The monoisotopic (exact) mass is 659 g/mol. The first-order valence-electron chi connectivity index (χ1n) is 15.6. The van der Waals surface area contributed by atoms with Crippen molar-refractivity contribution in [2.24, 2.45) is 0 Å². The van der Waals surface area contributed by atoms with Gasteiger partial charge in [0.15, 0.2) is 11.9 Å². The number of thioether (sulfide) groups is 1. The van der Waals surface area contributed by atoms with Crippen LogP contribution in [0, 0.1) is 11.8 Å². The van der Waals surface area contributed by atoms with Gasteiger partial charge in [-0.3, -0.25) is 9.59 Å². The Morgan fingerprint density at radius 3 is 2.65 bits per heavy atom. The minimum Gasteiger partial charge on any atom is -0.394 e. The third kappa shape index (κ3) is 7.99. The van der Waals surface area contributed by atoms with Crippen LogP contribution in [0.5, 0.6) is 0 Å². The lowest BCUT2D eigenvalue weighted by Crippen LogP contribution is -2.36. The number of aliphatic hydroxyl groups is 3. The summed E-state index contributed by atoms with van der Waals surface area (Å²) in [6, 6.07) is 0.338. The van der Waals surface area contributed by atoms with Crippen LogP contribution in [0.15, 0.2) is 6.33 Å². The van der Waals surface area contributed by atoms with Crippen LogP contribution in [0.25, 0.3) is 11.0 Å². The van der Waals surface area contributed by atoms with Crippen LogP contribution in [-0.2, 0) is 14.3 Å². The number of anilines is 1. The Balaban J connectivity index is 0.958. The van der Waals surface area contributed by atoms with Crippen LogP contribution in [0.4, 0.5) is 10.6 Å². The van der Waals surface area contributed by atoms with Gasteiger partial charge in [0.2, 0.25) is 11.8 Å². The van der Waals surface area contributed by atoms with Gasteiger partial charge >= 0.3 is 6.03 Å². The highest BCUT2D eigenvalue weighted by Crippen LogP contribution is 2.34. The van der Waals surface area contributed by atoms with Crippen LogP contribution in [-0.4, -0.2) is 114 Å². The number of nitrogens with two attached hydrogens (primary N) is 1. The molecule has 5 rings (SSSR count). The zero-order chi connectivity index (χ0) is 32.6. The van der Waals surface area contributed by atoms with E-state index in [9.17, 15) is 29.7 Å². The van der Waals surface area contributed by atoms with Crippen molar-refractivity contribution in [1.82, 2.24) is 41.0 Å². The molecule has 46 heavy (non-hydrogen) atoms. The lowest BCUT2D eigenvalue weighted by Gasteiger charge is -2.16. The van der Waals surface area contributed by atoms with Crippen molar-refractivity contribution in [3.8, 4) is 11.8 Å². The average molecular weight is 660 g/mol. The van der Waals surface area contributed by atoms with Crippen molar-refractivity contribution in [2.75, 3.05) is 31.2 Å². The number of ether oxygens (including phenoxy) is 1. The molecule has 0 bridgehead atoms. The lowest BCUT2D eigenvalue weighted by molar-refractivity contribution is -0.122. The first-order valence-corrected chi connectivity index (χ1v) is 16.6. The lowest BCUT2D eigenvalue weighted by atomic mass is 10.0. The first kappa shape index (κ1) is 33.7. The Labute approximate surface area is 270 Å². The molecular weight excluding hydrogens is 618 g/mol. The second kappa shape index (κ2) is 15.7. The molecule has 4 amide bonds. The molecule has 1 unspecified atom stereocenters. The highest BCUT2D eigenvalue weighted by atomic mass is 32.2. The molecule has 0 spiro atoms. The van der Waals surface area contributed by atoms with Crippen molar-refractivity contribution in [3.05, 3.63) is 12.0 Å². The van der Waals surface area contributed by atoms with E-state index >= 15 is 0 Å². The molecule has 0 aliphatic carbocycles. The van der Waals surface area contributed by atoms with Gasteiger partial charge in [0.05, 0.1) is 30.6 Å². The van der Waals surface area contributed by atoms with Gasteiger partial charge in [0.1, 0.15) is 36.2 Å². The summed E-state index contributed by atoms with van der Waals surface area (Å²) in [7, 11) is 0. The van der Waals surface area contributed by atoms with E-state index in [1.54, 1.807) is 0 Å². The summed E-state index contributed by atoms with van der Waals surface area (Å²) in [5.41, 5.74) is 6.49. The normalized spacial score (nSPS) is 26.7. The molecule has 3 saturated heterocycles. The number of aromatic nitrogens is 4. The third-order valence-electron chi connectivity index (χ3n) is 8.34. The summed E-state index contributed by atoms with van der Waals surface area (Å²) in [4.78, 5) is 44.1. The molecule has 9 N–H and O–H groups in total. The molecule has 3 aliphatic heterocycles. The molecule has 3 fully saturated rings. The molecule has 17 heteroatoms.